The Kier molecular flexibility index (Phi) is 3.90. The van der Waals surface area contributed by atoms with E-state index < -0.39 is 0 Å². The Bertz CT molecular complexity index is 879. The fourth-order valence-corrected chi connectivity index (χ4v) is 3.16. The molecule has 0 saturated heterocycles. The van der Waals surface area contributed by atoms with Crippen molar-refractivity contribution in [1.29, 1.82) is 0 Å². The maximum absolute atomic E-state index is 6.01. The second-order valence-corrected chi connectivity index (χ2v) is 6.27. The van der Waals surface area contributed by atoms with E-state index in [-0.39, 0.29) is 6.04 Å². The molecule has 3 aromatic rings. The summed E-state index contributed by atoms with van der Waals surface area (Å²) in [5, 5.41) is 12.1. The quantitative estimate of drug-likeness (QED) is 0.776. The third-order valence-electron chi connectivity index (χ3n) is 4.10. The minimum atomic E-state index is 0.0852. The highest BCUT2D eigenvalue weighted by molar-refractivity contribution is 6.30. The van der Waals surface area contributed by atoms with E-state index >= 15 is 0 Å². The number of hydrogen-bond acceptors (Lipinski definition) is 6. The first-order chi connectivity index (χ1) is 11.7. The zero-order valence-corrected chi connectivity index (χ0v) is 13.9. The van der Waals surface area contributed by atoms with Crippen LogP contribution in [0, 0.1) is 6.92 Å². The summed E-state index contributed by atoms with van der Waals surface area (Å²) in [5.74, 6) is 1.24. The molecule has 1 atom stereocenters. The summed E-state index contributed by atoms with van der Waals surface area (Å²) in [5.41, 5.74) is 3.00. The lowest BCUT2D eigenvalue weighted by Crippen LogP contribution is -2.19. The van der Waals surface area contributed by atoms with Crippen molar-refractivity contribution in [3.63, 3.8) is 0 Å². The van der Waals surface area contributed by atoms with Crippen LogP contribution in [0.3, 0.4) is 0 Å². The molecule has 1 aromatic carbocycles. The number of rotatable bonds is 3. The van der Waals surface area contributed by atoms with Crippen molar-refractivity contribution >= 4 is 17.6 Å². The average molecular weight is 342 g/mol. The molecule has 1 aliphatic carbocycles. The molecule has 7 heteroatoms. The smallest absolute Gasteiger partial charge is 0.316 e. The van der Waals surface area contributed by atoms with Crippen LogP contribution in [-0.2, 0) is 6.42 Å². The van der Waals surface area contributed by atoms with E-state index in [9.17, 15) is 0 Å². The molecule has 122 valence electrons. The number of aromatic nitrogens is 4. The van der Waals surface area contributed by atoms with Crippen LogP contribution in [0.2, 0.25) is 5.02 Å². The number of halogens is 1. The maximum atomic E-state index is 6.01. The molecule has 1 aliphatic rings. The van der Waals surface area contributed by atoms with Crippen LogP contribution in [0.15, 0.2) is 34.9 Å². The maximum Gasteiger partial charge on any atom is 0.316 e. The van der Waals surface area contributed by atoms with Crippen LogP contribution in [0.4, 0.5) is 6.01 Å². The van der Waals surface area contributed by atoms with E-state index in [4.69, 9.17) is 16.0 Å². The standard InChI is InChI=1S/C17H16ClN5O/c1-10-19-9-13-14(20-10)6-3-7-15(13)21-17-23-22-16(24-17)11-4-2-5-12(18)8-11/h2,4-5,8-9,15H,3,6-7H2,1H3,(H,21,23). The van der Waals surface area contributed by atoms with E-state index in [2.05, 4.69) is 25.5 Å². The number of aryl methyl sites for hydroxylation is 2. The summed E-state index contributed by atoms with van der Waals surface area (Å²) >= 11 is 6.01. The first-order valence-corrected chi connectivity index (χ1v) is 8.25. The molecule has 24 heavy (non-hydrogen) atoms. The van der Waals surface area contributed by atoms with Gasteiger partial charge in [0.25, 0.3) is 0 Å². The SMILES string of the molecule is Cc1ncc2c(n1)CCCC2Nc1nnc(-c2cccc(Cl)c2)o1. The van der Waals surface area contributed by atoms with Crippen LogP contribution >= 0.6 is 11.6 Å². The van der Waals surface area contributed by atoms with E-state index in [1.165, 1.54) is 0 Å². The molecule has 0 amide bonds. The predicted octanol–water partition coefficient (Wildman–Crippen LogP) is 3.98. The average Bonchev–Trinajstić information content (AvgIpc) is 3.03. The Morgan fingerprint density at radius 3 is 3.08 bits per heavy atom. The van der Waals surface area contributed by atoms with Gasteiger partial charge in [0.15, 0.2) is 0 Å². The molecule has 0 aliphatic heterocycles. The summed E-state index contributed by atoms with van der Waals surface area (Å²) in [6, 6.07) is 7.82. The van der Waals surface area contributed by atoms with Gasteiger partial charge >= 0.3 is 6.01 Å². The fraction of sp³-hybridized carbons (Fsp3) is 0.294. The summed E-state index contributed by atoms with van der Waals surface area (Å²) in [6.07, 6.45) is 4.92. The number of nitrogens with zero attached hydrogens (tertiary/aromatic N) is 4. The van der Waals surface area contributed by atoms with Gasteiger partial charge in [-0.1, -0.05) is 22.8 Å². The first kappa shape index (κ1) is 15.1. The van der Waals surface area contributed by atoms with Crippen LogP contribution in [-0.4, -0.2) is 20.2 Å². The largest absolute Gasteiger partial charge is 0.403 e. The Hall–Kier alpha value is -2.47. The van der Waals surface area contributed by atoms with Gasteiger partial charge in [-0.05, 0) is 44.4 Å². The molecule has 0 radical (unpaired) electrons. The zero-order valence-electron chi connectivity index (χ0n) is 13.2. The molecule has 1 N–H and O–H groups in total. The summed E-state index contributed by atoms with van der Waals surface area (Å²) in [7, 11) is 0. The van der Waals surface area contributed by atoms with Crippen molar-refractivity contribution in [2.45, 2.75) is 32.2 Å². The van der Waals surface area contributed by atoms with Gasteiger partial charge < -0.3 is 9.73 Å². The van der Waals surface area contributed by atoms with Crippen LogP contribution in [0.1, 0.15) is 36.0 Å². The van der Waals surface area contributed by atoms with Crippen molar-refractivity contribution in [2.75, 3.05) is 5.32 Å². The van der Waals surface area contributed by atoms with E-state index in [1.54, 1.807) is 6.07 Å². The topological polar surface area (TPSA) is 76.7 Å². The lowest BCUT2D eigenvalue weighted by Gasteiger charge is -2.24. The molecule has 6 nitrogen and oxygen atoms in total. The van der Waals surface area contributed by atoms with E-state index in [0.717, 1.165) is 41.9 Å². The fourth-order valence-electron chi connectivity index (χ4n) is 2.97. The Balaban J connectivity index is 1.57. The van der Waals surface area contributed by atoms with Gasteiger partial charge in [-0.15, -0.1) is 5.10 Å². The predicted molar refractivity (Wildman–Crippen MR) is 90.8 cm³/mol. The third-order valence-corrected chi connectivity index (χ3v) is 4.33. The zero-order chi connectivity index (χ0) is 16.5. The van der Waals surface area contributed by atoms with Crippen LogP contribution in [0.5, 0.6) is 0 Å². The summed E-state index contributed by atoms with van der Waals surface area (Å²) in [4.78, 5) is 8.85. The highest BCUT2D eigenvalue weighted by atomic mass is 35.5. The van der Waals surface area contributed by atoms with Crippen molar-refractivity contribution in [3.8, 4) is 11.5 Å². The molecule has 2 heterocycles. The van der Waals surface area contributed by atoms with Crippen molar-refractivity contribution in [2.24, 2.45) is 0 Å². The molecule has 2 aromatic heterocycles. The summed E-state index contributed by atoms with van der Waals surface area (Å²) in [6.45, 7) is 1.91. The molecule has 0 fully saturated rings. The third kappa shape index (κ3) is 2.97. The minimum absolute atomic E-state index is 0.0852. The van der Waals surface area contributed by atoms with E-state index in [0.29, 0.717) is 16.9 Å². The highest BCUT2D eigenvalue weighted by Gasteiger charge is 2.23. The van der Waals surface area contributed by atoms with Gasteiger partial charge in [0.2, 0.25) is 5.89 Å². The second kappa shape index (κ2) is 6.20. The number of benzene rings is 1. The molecule has 0 spiro atoms. The van der Waals surface area contributed by atoms with Gasteiger partial charge in [-0.25, -0.2) is 9.97 Å². The molecule has 4 rings (SSSR count). The van der Waals surface area contributed by atoms with Crippen molar-refractivity contribution in [3.05, 3.63) is 52.6 Å². The molecular formula is C17H16ClN5O. The van der Waals surface area contributed by atoms with Crippen LogP contribution < -0.4 is 5.32 Å². The second-order valence-electron chi connectivity index (χ2n) is 5.83. The first-order valence-electron chi connectivity index (χ1n) is 7.87. The molecule has 0 bridgehead atoms. The molecular weight excluding hydrogens is 326 g/mol. The van der Waals surface area contributed by atoms with Gasteiger partial charge in [0, 0.05) is 28.0 Å². The van der Waals surface area contributed by atoms with Gasteiger partial charge in [0.05, 0.1) is 6.04 Å². The monoisotopic (exact) mass is 341 g/mol. The highest BCUT2D eigenvalue weighted by Crippen LogP contribution is 2.31. The molecule has 1 unspecified atom stereocenters. The summed E-state index contributed by atoms with van der Waals surface area (Å²) < 4.78 is 5.73. The lowest BCUT2D eigenvalue weighted by molar-refractivity contribution is 0.534. The van der Waals surface area contributed by atoms with Crippen molar-refractivity contribution in [1.82, 2.24) is 20.2 Å². The lowest BCUT2D eigenvalue weighted by atomic mass is 9.92. The van der Waals surface area contributed by atoms with Gasteiger partial charge in [-0.2, -0.15) is 0 Å². The molecule has 0 saturated carbocycles. The Labute approximate surface area is 144 Å². The number of fused-ring (bicyclic) bond motifs is 1. The van der Waals surface area contributed by atoms with E-state index in [1.807, 2.05) is 31.3 Å². The Morgan fingerprint density at radius 2 is 2.21 bits per heavy atom. The minimum Gasteiger partial charge on any atom is -0.403 e. The van der Waals surface area contributed by atoms with Gasteiger partial charge in [-0.3, -0.25) is 0 Å². The number of anilines is 1. The van der Waals surface area contributed by atoms with Crippen LogP contribution in [0.25, 0.3) is 11.5 Å². The van der Waals surface area contributed by atoms with Crippen molar-refractivity contribution < 1.29 is 4.42 Å². The van der Waals surface area contributed by atoms with Gasteiger partial charge in [0.1, 0.15) is 5.82 Å². The number of hydrogen-bond donors (Lipinski definition) is 1. The number of nitrogens with one attached hydrogen (secondary N) is 1. The Morgan fingerprint density at radius 1 is 1.29 bits per heavy atom. The normalized spacial score (nSPS) is 16.7.